The van der Waals surface area contributed by atoms with E-state index in [1.165, 1.54) is 32.4 Å². The normalized spacial score (nSPS) is 20.7. The molecule has 0 aliphatic carbocycles. The molecule has 31 heavy (non-hydrogen) atoms. The summed E-state index contributed by atoms with van der Waals surface area (Å²) in [6.07, 6.45) is 0. The van der Waals surface area contributed by atoms with E-state index in [0.717, 1.165) is 0 Å². The van der Waals surface area contributed by atoms with E-state index < -0.39 is 34.7 Å². The van der Waals surface area contributed by atoms with Crippen molar-refractivity contribution in [1.82, 2.24) is 5.32 Å². The van der Waals surface area contributed by atoms with Crippen molar-refractivity contribution in [2.24, 2.45) is 5.92 Å². The zero-order valence-electron chi connectivity index (χ0n) is 18.1. The van der Waals surface area contributed by atoms with Gasteiger partial charge in [0.05, 0.1) is 29.6 Å². The molecule has 0 bridgehead atoms. The number of rotatable bonds is 10. The summed E-state index contributed by atoms with van der Waals surface area (Å²) in [4.78, 5) is 36.7. The Morgan fingerprint density at radius 3 is 2.35 bits per heavy atom. The zero-order valence-corrected chi connectivity index (χ0v) is 18.1. The van der Waals surface area contributed by atoms with E-state index in [2.05, 4.69) is 5.32 Å². The minimum Gasteiger partial charge on any atom is -0.463 e. The van der Waals surface area contributed by atoms with Crippen LogP contribution in [-0.2, 0) is 28.5 Å². The van der Waals surface area contributed by atoms with Gasteiger partial charge in [-0.1, -0.05) is 12.1 Å². The first-order valence-corrected chi connectivity index (χ1v) is 9.85. The lowest BCUT2D eigenvalue weighted by Crippen LogP contribution is -2.48. The van der Waals surface area contributed by atoms with Crippen LogP contribution in [0.1, 0.15) is 25.3 Å². The summed E-state index contributed by atoms with van der Waals surface area (Å²) < 4.78 is 20.5. The van der Waals surface area contributed by atoms with Crippen LogP contribution in [0.15, 0.2) is 35.5 Å². The fraction of sp³-hybridized carbons (Fsp3) is 0.524. The molecule has 0 saturated carbocycles. The van der Waals surface area contributed by atoms with Crippen molar-refractivity contribution in [2.75, 3.05) is 40.6 Å². The Morgan fingerprint density at radius 2 is 1.74 bits per heavy atom. The van der Waals surface area contributed by atoms with Gasteiger partial charge in [0.1, 0.15) is 13.2 Å². The number of ether oxygens (including phenoxy) is 4. The molecule has 0 unspecified atom stereocenters. The van der Waals surface area contributed by atoms with Crippen LogP contribution >= 0.6 is 0 Å². The SMILES string of the molecule is COCCOC(=O)C1=C(C)N[C@H](C)[C@@H](C(=O)OCCOC)[C@@H]1c1cccc([N+](=O)[O-])c1. The lowest BCUT2D eigenvalue weighted by Gasteiger charge is -2.38. The van der Waals surface area contributed by atoms with Crippen LogP contribution in [0, 0.1) is 16.0 Å². The summed E-state index contributed by atoms with van der Waals surface area (Å²) in [7, 11) is 2.98. The number of nitro groups is 1. The number of nitrogens with zero attached hydrogens (tertiary/aromatic N) is 1. The minimum absolute atomic E-state index is 0.0340. The maximum atomic E-state index is 13.0. The first kappa shape index (κ1) is 24.3. The largest absolute Gasteiger partial charge is 0.463 e. The average molecular weight is 436 g/mol. The van der Waals surface area contributed by atoms with E-state index in [4.69, 9.17) is 18.9 Å². The highest BCUT2D eigenvalue weighted by Gasteiger charge is 2.44. The van der Waals surface area contributed by atoms with Gasteiger partial charge in [-0.2, -0.15) is 0 Å². The van der Waals surface area contributed by atoms with Crippen molar-refractivity contribution in [1.29, 1.82) is 0 Å². The molecule has 1 aliphatic rings. The minimum atomic E-state index is -0.812. The van der Waals surface area contributed by atoms with Crippen molar-refractivity contribution in [3.8, 4) is 0 Å². The van der Waals surface area contributed by atoms with E-state index in [1.807, 2.05) is 0 Å². The van der Waals surface area contributed by atoms with Crippen molar-refractivity contribution < 1.29 is 33.5 Å². The number of carbonyl (C=O) groups excluding carboxylic acids is 2. The number of benzene rings is 1. The van der Waals surface area contributed by atoms with Gasteiger partial charge in [-0.05, 0) is 19.4 Å². The first-order chi connectivity index (χ1) is 14.8. The monoisotopic (exact) mass is 436 g/mol. The van der Waals surface area contributed by atoms with Gasteiger partial charge < -0.3 is 24.3 Å². The third-order valence-corrected chi connectivity index (χ3v) is 5.04. The number of carbonyl (C=O) groups is 2. The molecule has 1 heterocycles. The van der Waals surface area contributed by atoms with Crippen LogP contribution in [0.5, 0.6) is 0 Å². The topological polar surface area (TPSA) is 126 Å². The molecule has 2 rings (SSSR count). The quantitative estimate of drug-likeness (QED) is 0.253. The maximum Gasteiger partial charge on any atom is 0.336 e. The van der Waals surface area contributed by atoms with E-state index >= 15 is 0 Å². The van der Waals surface area contributed by atoms with Crippen LogP contribution < -0.4 is 5.32 Å². The molecule has 170 valence electrons. The Labute approximate surface area is 180 Å². The summed E-state index contributed by atoms with van der Waals surface area (Å²) in [6, 6.07) is 5.51. The van der Waals surface area contributed by atoms with Gasteiger partial charge in [0.25, 0.3) is 5.69 Å². The Hall–Kier alpha value is -2.98. The summed E-state index contributed by atoms with van der Waals surface area (Å²) in [5, 5.41) is 14.5. The smallest absolute Gasteiger partial charge is 0.336 e. The first-order valence-electron chi connectivity index (χ1n) is 9.85. The number of nitro benzene ring substituents is 1. The highest BCUT2D eigenvalue weighted by atomic mass is 16.6. The number of allylic oxidation sites excluding steroid dienone is 1. The molecular weight excluding hydrogens is 408 g/mol. The summed E-state index contributed by atoms with van der Waals surface area (Å²) in [5.41, 5.74) is 1.07. The van der Waals surface area contributed by atoms with Crippen LogP contribution in [0.2, 0.25) is 0 Å². The number of hydrogen-bond donors (Lipinski definition) is 1. The van der Waals surface area contributed by atoms with Crippen LogP contribution in [-0.4, -0.2) is 63.6 Å². The molecule has 3 atom stereocenters. The van der Waals surface area contributed by atoms with Crippen LogP contribution in [0.4, 0.5) is 5.69 Å². The van der Waals surface area contributed by atoms with Crippen molar-refractivity contribution >= 4 is 17.6 Å². The highest BCUT2D eigenvalue weighted by molar-refractivity contribution is 5.93. The van der Waals surface area contributed by atoms with Crippen molar-refractivity contribution in [3.63, 3.8) is 0 Å². The number of esters is 2. The second-order valence-corrected chi connectivity index (χ2v) is 7.12. The van der Waals surface area contributed by atoms with E-state index in [1.54, 1.807) is 19.9 Å². The number of methoxy groups -OCH3 is 2. The maximum absolute atomic E-state index is 13.0. The average Bonchev–Trinajstić information content (AvgIpc) is 2.73. The Balaban J connectivity index is 2.51. The zero-order chi connectivity index (χ0) is 23.0. The Morgan fingerprint density at radius 1 is 1.10 bits per heavy atom. The molecule has 0 fully saturated rings. The molecule has 0 radical (unpaired) electrons. The van der Waals surface area contributed by atoms with Gasteiger partial charge in [0, 0.05) is 44.0 Å². The van der Waals surface area contributed by atoms with Crippen LogP contribution in [0.3, 0.4) is 0 Å². The molecule has 1 aliphatic heterocycles. The molecule has 0 saturated heterocycles. The van der Waals surface area contributed by atoms with E-state index in [0.29, 0.717) is 11.3 Å². The van der Waals surface area contributed by atoms with Crippen molar-refractivity contribution in [2.45, 2.75) is 25.8 Å². The van der Waals surface area contributed by atoms with Crippen molar-refractivity contribution in [3.05, 3.63) is 51.2 Å². The fourth-order valence-electron chi connectivity index (χ4n) is 3.65. The Bertz CT molecular complexity index is 838. The third kappa shape index (κ3) is 6.02. The van der Waals surface area contributed by atoms with Gasteiger partial charge in [-0.3, -0.25) is 14.9 Å². The second-order valence-electron chi connectivity index (χ2n) is 7.12. The molecule has 1 aromatic carbocycles. The number of hydrogen-bond acceptors (Lipinski definition) is 9. The lowest BCUT2D eigenvalue weighted by atomic mass is 9.73. The van der Waals surface area contributed by atoms with Gasteiger partial charge in [0.2, 0.25) is 0 Å². The van der Waals surface area contributed by atoms with Gasteiger partial charge in [-0.15, -0.1) is 0 Å². The van der Waals surface area contributed by atoms with Crippen LogP contribution in [0.25, 0.3) is 0 Å². The summed E-state index contributed by atoms with van der Waals surface area (Å²) >= 11 is 0. The molecule has 0 aromatic heterocycles. The van der Waals surface area contributed by atoms with E-state index in [9.17, 15) is 19.7 Å². The molecule has 0 amide bonds. The third-order valence-electron chi connectivity index (χ3n) is 5.04. The standard InChI is InChI=1S/C21H28N2O8/c1-13-17(20(24)30-10-8-28-3)19(15-6-5-7-16(12-15)23(26)27)18(14(2)22-13)21(25)31-11-9-29-4/h5-7,12-13,17,19,22H,8-11H2,1-4H3/t13-,17-,19+/m1/s1. The predicted octanol–water partition coefficient (Wildman–Crippen LogP) is 1.94. The number of non-ortho nitro benzene ring substituents is 1. The molecule has 1 aromatic rings. The summed E-state index contributed by atoms with van der Waals surface area (Å²) in [5.74, 6) is -2.77. The Kier molecular flexibility index (Phi) is 8.95. The fourth-order valence-corrected chi connectivity index (χ4v) is 3.65. The predicted molar refractivity (Wildman–Crippen MR) is 110 cm³/mol. The highest BCUT2D eigenvalue weighted by Crippen LogP contribution is 2.41. The molecule has 10 nitrogen and oxygen atoms in total. The summed E-state index contributed by atoms with van der Waals surface area (Å²) in [6.45, 7) is 4.03. The van der Waals surface area contributed by atoms with E-state index in [-0.39, 0.29) is 37.7 Å². The second kappa shape index (κ2) is 11.4. The van der Waals surface area contributed by atoms with Gasteiger partial charge in [-0.25, -0.2) is 4.79 Å². The van der Waals surface area contributed by atoms with Gasteiger partial charge in [0.15, 0.2) is 0 Å². The molecule has 0 spiro atoms. The molecular formula is C21H28N2O8. The molecule has 1 N–H and O–H groups in total. The number of nitrogens with one attached hydrogen (secondary N) is 1. The molecule has 10 heteroatoms. The lowest BCUT2D eigenvalue weighted by molar-refractivity contribution is -0.384. The van der Waals surface area contributed by atoms with Gasteiger partial charge >= 0.3 is 11.9 Å².